The SMILES string of the molecule is O=C(NCCCOC1CCCCC1)N1CCN(S(=O)(=O)c2ccc([N+](=O)[O-])cc2)CC1. The van der Waals surface area contributed by atoms with E-state index in [0.29, 0.717) is 19.3 Å². The summed E-state index contributed by atoms with van der Waals surface area (Å²) in [5.74, 6) is 0. The monoisotopic (exact) mass is 454 g/mol. The van der Waals surface area contributed by atoms with Crippen molar-refractivity contribution in [1.82, 2.24) is 14.5 Å². The molecule has 0 radical (unpaired) electrons. The third-order valence-electron chi connectivity index (χ3n) is 5.71. The van der Waals surface area contributed by atoms with Crippen LogP contribution in [-0.4, -0.2) is 74.0 Å². The van der Waals surface area contributed by atoms with Crippen LogP contribution in [0.15, 0.2) is 29.2 Å². The minimum Gasteiger partial charge on any atom is -0.378 e. The number of nitrogens with zero attached hydrogens (tertiary/aromatic N) is 3. The summed E-state index contributed by atoms with van der Waals surface area (Å²) in [5, 5.41) is 13.6. The number of hydrogen-bond acceptors (Lipinski definition) is 6. The fraction of sp³-hybridized carbons (Fsp3) is 0.650. The number of sulfonamides is 1. The van der Waals surface area contributed by atoms with Crippen LogP contribution in [0, 0.1) is 10.1 Å². The van der Waals surface area contributed by atoms with E-state index in [2.05, 4.69) is 5.32 Å². The molecule has 31 heavy (non-hydrogen) atoms. The summed E-state index contributed by atoms with van der Waals surface area (Å²) in [6.45, 7) is 2.08. The highest BCUT2D eigenvalue weighted by atomic mass is 32.2. The van der Waals surface area contributed by atoms with Crippen molar-refractivity contribution in [3.05, 3.63) is 34.4 Å². The molecule has 1 aliphatic carbocycles. The van der Waals surface area contributed by atoms with Crippen LogP contribution in [0.5, 0.6) is 0 Å². The summed E-state index contributed by atoms with van der Waals surface area (Å²) in [4.78, 5) is 24.1. The van der Waals surface area contributed by atoms with Gasteiger partial charge in [0.1, 0.15) is 0 Å². The molecule has 0 aromatic heterocycles. The van der Waals surface area contributed by atoms with E-state index in [1.54, 1.807) is 4.90 Å². The fourth-order valence-electron chi connectivity index (χ4n) is 3.88. The van der Waals surface area contributed by atoms with Crippen molar-refractivity contribution < 1.29 is 22.9 Å². The van der Waals surface area contributed by atoms with Gasteiger partial charge in [-0.3, -0.25) is 10.1 Å². The normalized spacial score (nSPS) is 18.6. The molecule has 1 saturated carbocycles. The summed E-state index contributed by atoms with van der Waals surface area (Å²) < 4.78 is 32.6. The van der Waals surface area contributed by atoms with Gasteiger partial charge in [0.05, 0.1) is 15.9 Å². The van der Waals surface area contributed by atoms with Gasteiger partial charge in [-0.05, 0) is 31.4 Å². The molecular formula is C20H30N4O6S. The summed E-state index contributed by atoms with van der Waals surface area (Å²) in [6, 6.07) is 4.62. The van der Waals surface area contributed by atoms with Crippen molar-refractivity contribution in [3.63, 3.8) is 0 Å². The minimum atomic E-state index is -3.75. The number of nitrogens with one attached hydrogen (secondary N) is 1. The maximum atomic E-state index is 12.7. The van der Waals surface area contributed by atoms with Gasteiger partial charge >= 0.3 is 6.03 Å². The first-order chi connectivity index (χ1) is 14.9. The number of ether oxygens (including phenoxy) is 1. The lowest BCUT2D eigenvalue weighted by Crippen LogP contribution is -2.53. The number of non-ortho nitro benzene ring substituents is 1. The molecule has 0 atom stereocenters. The Labute approximate surface area is 182 Å². The Hall–Kier alpha value is -2.24. The highest BCUT2D eigenvalue weighted by Crippen LogP contribution is 2.21. The van der Waals surface area contributed by atoms with E-state index in [9.17, 15) is 23.3 Å². The van der Waals surface area contributed by atoms with E-state index < -0.39 is 14.9 Å². The Morgan fingerprint density at radius 1 is 1.10 bits per heavy atom. The largest absolute Gasteiger partial charge is 0.378 e. The maximum Gasteiger partial charge on any atom is 0.317 e. The van der Waals surface area contributed by atoms with Gasteiger partial charge in [0, 0.05) is 51.5 Å². The first kappa shape index (κ1) is 23.4. The van der Waals surface area contributed by atoms with Crippen molar-refractivity contribution in [3.8, 4) is 0 Å². The molecule has 172 valence electrons. The Morgan fingerprint density at radius 3 is 2.35 bits per heavy atom. The third kappa shape index (κ3) is 6.37. The predicted octanol–water partition coefficient (Wildman–Crippen LogP) is 2.35. The first-order valence-corrected chi connectivity index (χ1v) is 12.2. The van der Waals surface area contributed by atoms with E-state index >= 15 is 0 Å². The zero-order valence-corrected chi connectivity index (χ0v) is 18.4. The van der Waals surface area contributed by atoms with Crippen LogP contribution in [0.3, 0.4) is 0 Å². The summed E-state index contributed by atoms with van der Waals surface area (Å²) in [5.41, 5.74) is -0.162. The van der Waals surface area contributed by atoms with Gasteiger partial charge in [-0.1, -0.05) is 19.3 Å². The number of piperazine rings is 1. The van der Waals surface area contributed by atoms with Gasteiger partial charge in [0.2, 0.25) is 10.0 Å². The number of hydrogen-bond donors (Lipinski definition) is 1. The first-order valence-electron chi connectivity index (χ1n) is 10.8. The number of carbonyl (C=O) groups excluding carboxylic acids is 1. The predicted molar refractivity (Wildman–Crippen MR) is 114 cm³/mol. The van der Waals surface area contributed by atoms with E-state index in [0.717, 1.165) is 19.3 Å². The number of amides is 2. The molecule has 2 amide bonds. The third-order valence-corrected chi connectivity index (χ3v) is 7.63. The Balaban J connectivity index is 1.39. The van der Waals surface area contributed by atoms with E-state index in [1.165, 1.54) is 47.8 Å². The van der Waals surface area contributed by atoms with Crippen LogP contribution in [0.2, 0.25) is 0 Å². The van der Waals surface area contributed by atoms with Gasteiger partial charge in [0.15, 0.2) is 0 Å². The number of nitro benzene ring substituents is 1. The molecular weight excluding hydrogens is 424 g/mol. The molecule has 0 spiro atoms. The van der Waals surface area contributed by atoms with Gasteiger partial charge in [0.25, 0.3) is 5.69 Å². The molecule has 1 aromatic carbocycles. The summed E-state index contributed by atoms with van der Waals surface area (Å²) in [6.07, 6.45) is 7.10. The molecule has 1 N–H and O–H groups in total. The molecule has 3 rings (SSSR count). The summed E-state index contributed by atoms with van der Waals surface area (Å²) >= 11 is 0. The average Bonchev–Trinajstić information content (AvgIpc) is 2.79. The molecule has 1 heterocycles. The van der Waals surface area contributed by atoms with Crippen molar-refractivity contribution in [2.24, 2.45) is 0 Å². The second-order valence-corrected chi connectivity index (χ2v) is 9.80. The summed E-state index contributed by atoms with van der Waals surface area (Å²) in [7, 11) is -3.75. The van der Waals surface area contributed by atoms with E-state index in [1.807, 2.05) is 0 Å². The lowest BCUT2D eigenvalue weighted by atomic mass is 9.98. The lowest BCUT2D eigenvalue weighted by molar-refractivity contribution is -0.384. The standard InChI is InChI=1S/C20H30N4O6S/c25-20(21-11-4-16-30-18-5-2-1-3-6-18)22-12-14-23(15-13-22)31(28,29)19-9-7-17(8-10-19)24(26)27/h7-10,18H,1-6,11-16H2,(H,21,25). The van der Waals surface area contributed by atoms with Gasteiger partial charge in [-0.15, -0.1) is 0 Å². The highest BCUT2D eigenvalue weighted by Gasteiger charge is 2.30. The van der Waals surface area contributed by atoms with Gasteiger partial charge in [-0.25, -0.2) is 13.2 Å². The fourth-order valence-corrected chi connectivity index (χ4v) is 5.30. The molecule has 2 aliphatic rings. The van der Waals surface area contributed by atoms with Gasteiger partial charge in [-0.2, -0.15) is 4.31 Å². The van der Waals surface area contributed by atoms with Crippen LogP contribution in [0.4, 0.5) is 10.5 Å². The minimum absolute atomic E-state index is 0.00830. The van der Waals surface area contributed by atoms with Crippen LogP contribution < -0.4 is 5.32 Å². The van der Waals surface area contributed by atoms with E-state index in [-0.39, 0.29) is 42.8 Å². The van der Waals surface area contributed by atoms with Crippen molar-refractivity contribution in [2.75, 3.05) is 39.3 Å². The van der Waals surface area contributed by atoms with Gasteiger partial charge < -0.3 is 15.0 Å². The lowest BCUT2D eigenvalue weighted by Gasteiger charge is -2.34. The molecule has 1 aromatic rings. The highest BCUT2D eigenvalue weighted by molar-refractivity contribution is 7.89. The number of nitro groups is 1. The van der Waals surface area contributed by atoms with Crippen LogP contribution in [0.25, 0.3) is 0 Å². The maximum absolute atomic E-state index is 12.7. The van der Waals surface area contributed by atoms with Crippen molar-refractivity contribution in [2.45, 2.75) is 49.5 Å². The molecule has 11 heteroatoms. The number of carbonyl (C=O) groups is 1. The number of urea groups is 1. The Bertz CT molecular complexity index is 847. The van der Waals surface area contributed by atoms with Crippen LogP contribution in [-0.2, 0) is 14.8 Å². The number of rotatable bonds is 8. The second-order valence-electron chi connectivity index (χ2n) is 7.86. The zero-order chi connectivity index (χ0) is 22.3. The van der Waals surface area contributed by atoms with Crippen LogP contribution >= 0.6 is 0 Å². The topological polar surface area (TPSA) is 122 Å². The molecule has 1 saturated heterocycles. The van der Waals surface area contributed by atoms with Crippen molar-refractivity contribution >= 4 is 21.7 Å². The molecule has 1 aliphatic heterocycles. The Morgan fingerprint density at radius 2 is 1.74 bits per heavy atom. The molecule has 2 fully saturated rings. The average molecular weight is 455 g/mol. The number of benzene rings is 1. The smallest absolute Gasteiger partial charge is 0.317 e. The molecule has 0 bridgehead atoms. The van der Waals surface area contributed by atoms with Crippen LogP contribution in [0.1, 0.15) is 38.5 Å². The van der Waals surface area contributed by atoms with Crippen molar-refractivity contribution in [1.29, 1.82) is 0 Å². The molecule has 0 unspecified atom stereocenters. The van der Waals surface area contributed by atoms with E-state index in [4.69, 9.17) is 4.74 Å². The second kappa shape index (κ2) is 10.9. The Kier molecular flexibility index (Phi) is 8.22. The quantitative estimate of drug-likeness (QED) is 0.365. The molecule has 10 nitrogen and oxygen atoms in total. The zero-order valence-electron chi connectivity index (χ0n) is 17.6.